The van der Waals surface area contributed by atoms with Gasteiger partial charge in [-0.1, -0.05) is 18.2 Å². The molecule has 20 heavy (non-hydrogen) atoms. The van der Waals surface area contributed by atoms with Crippen molar-refractivity contribution in [1.29, 1.82) is 0 Å². The van der Waals surface area contributed by atoms with Crippen molar-refractivity contribution < 1.29 is 9.53 Å². The second kappa shape index (κ2) is 6.19. The third kappa shape index (κ3) is 3.82. The maximum Gasteiger partial charge on any atom is 0.262 e. The lowest BCUT2D eigenvalue weighted by atomic mass is 10.1. The number of hydrogen-bond donors (Lipinski definition) is 1. The van der Waals surface area contributed by atoms with Gasteiger partial charge in [-0.05, 0) is 43.5 Å². The molecule has 0 spiro atoms. The minimum atomic E-state index is -0.193. The monoisotopic (exact) mass is 270 g/mol. The van der Waals surface area contributed by atoms with E-state index in [4.69, 9.17) is 4.74 Å². The Morgan fingerprint density at radius 3 is 2.60 bits per heavy atom. The summed E-state index contributed by atoms with van der Waals surface area (Å²) in [6, 6.07) is 9.58. The number of pyridine rings is 1. The molecule has 0 bridgehead atoms. The molecular formula is C16H18N2O2. The first-order valence-corrected chi connectivity index (χ1v) is 6.47. The average molecular weight is 270 g/mol. The summed E-state index contributed by atoms with van der Waals surface area (Å²) >= 11 is 0. The Hall–Kier alpha value is -2.36. The molecule has 1 amide bonds. The minimum absolute atomic E-state index is 0.0521. The molecule has 0 aliphatic carbocycles. The number of ether oxygens (including phenoxy) is 1. The Labute approximate surface area is 118 Å². The highest BCUT2D eigenvalue weighted by atomic mass is 16.5. The van der Waals surface area contributed by atoms with Gasteiger partial charge in [-0.15, -0.1) is 0 Å². The molecule has 1 N–H and O–H groups in total. The smallest absolute Gasteiger partial charge is 0.262 e. The van der Waals surface area contributed by atoms with Crippen molar-refractivity contribution in [2.24, 2.45) is 0 Å². The molecule has 4 nitrogen and oxygen atoms in total. The molecule has 4 heteroatoms. The fourth-order valence-electron chi connectivity index (χ4n) is 1.74. The van der Waals surface area contributed by atoms with Crippen molar-refractivity contribution in [2.45, 2.75) is 20.8 Å². The van der Waals surface area contributed by atoms with Crippen LogP contribution >= 0.6 is 0 Å². The van der Waals surface area contributed by atoms with Gasteiger partial charge < -0.3 is 10.1 Å². The molecule has 2 rings (SSSR count). The summed E-state index contributed by atoms with van der Waals surface area (Å²) < 4.78 is 5.34. The number of amides is 1. The zero-order chi connectivity index (χ0) is 14.5. The molecule has 1 aromatic carbocycles. The Morgan fingerprint density at radius 1 is 1.15 bits per heavy atom. The van der Waals surface area contributed by atoms with Gasteiger partial charge in [0.2, 0.25) is 5.88 Å². The van der Waals surface area contributed by atoms with E-state index in [0.29, 0.717) is 5.88 Å². The number of rotatable bonds is 4. The maximum atomic E-state index is 11.9. The molecule has 0 saturated heterocycles. The molecule has 0 unspecified atom stereocenters. The lowest BCUT2D eigenvalue weighted by molar-refractivity contribution is -0.118. The van der Waals surface area contributed by atoms with Crippen LogP contribution < -0.4 is 10.1 Å². The molecule has 0 aliphatic rings. The Morgan fingerprint density at radius 2 is 1.90 bits per heavy atom. The van der Waals surface area contributed by atoms with E-state index in [1.54, 1.807) is 12.3 Å². The number of nitrogens with zero attached hydrogens (tertiary/aromatic N) is 1. The van der Waals surface area contributed by atoms with E-state index in [1.165, 1.54) is 0 Å². The summed E-state index contributed by atoms with van der Waals surface area (Å²) in [7, 11) is 0. The van der Waals surface area contributed by atoms with E-state index in [0.717, 1.165) is 22.4 Å². The van der Waals surface area contributed by atoms with Crippen LogP contribution in [-0.4, -0.2) is 17.5 Å². The van der Waals surface area contributed by atoms with Crippen molar-refractivity contribution in [1.82, 2.24) is 4.98 Å². The van der Waals surface area contributed by atoms with Gasteiger partial charge in [-0.2, -0.15) is 0 Å². The number of hydrogen-bond acceptors (Lipinski definition) is 3. The van der Waals surface area contributed by atoms with Gasteiger partial charge in [-0.3, -0.25) is 4.79 Å². The molecule has 0 aliphatic heterocycles. The van der Waals surface area contributed by atoms with Crippen LogP contribution in [0.4, 0.5) is 5.69 Å². The van der Waals surface area contributed by atoms with Crippen LogP contribution in [0.1, 0.15) is 16.7 Å². The summed E-state index contributed by atoms with van der Waals surface area (Å²) in [6.07, 6.45) is 1.71. The molecular weight excluding hydrogens is 252 g/mol. The van der Waals surface area contributed by atoms with E-state index < -0.39 is 0 Å². The van der Waals surface area contributed by atoms with Crippen molar-refractivity contribution in [3.63, 3.8) is 0 Å². The van der Waals surface area contributed by atoms with Crippen LogP contribution in [0.25, 0.3) is 0 Å². The van der Waals surface area contributed by atoms with Crippen LogP contribution in [0.15, 0.2) is 36.5 Å². The zero-order valence-corrected chi connectivity index (χ0v) is 11.9. The summed E-state index contributed by atoms with van der Waals surface area (Å²) in [6.45, 7) is 5.84. The lowest BCUT2D eigenvalue weighted by Gasteiger charge is -2.10. The van der Waals surface area contributed by atoms with Crippen molar-refractivity contribution in [3.05, 3.63) is 53.2 Å². The minimum Gasteiger partial charge on any atom is -0.468 e. The number of nitrogens with one attached hydrogen (secondary N) is 1. The summed E-state index contributed by atoms with van der Waals surface area (Å²) in [4.78, 5) is 15.9. The normalized spacial score (nSPS) is 10.2. The highest BCUT2D eigenvalue weighted by Gasteiger charge is 2.06. The van der Waals surface area contributed by atoms with Crippen LogP contribution in [0.2, 0.25) is 0 Å². The second-order valence-electron chi connectivity index (χ2n) is 4.83. The molecule has 1 heterocycles. The van der Waals surface area contributed by atoms with E-state index in [-0.39, 0.29) is 12.5 Å². The number of aromatic nitrogens is 1. The van der Waals surface area contributed by atoms with Crippen molar-refractivity contribution >= 4 is 11.6 Å². The molecule has 1 aromatic heterocycles. The highest BCUT2D eigenvalue weighted by molar-refractivity contribution is 5.92. The number of anilines is 1. The quantitative estimate of drug-likeness (QED) is 0.929. The fourth-order valence-corrected chi connectivity index (χ4v) is 1.74. The van der Waals surface area contributed by atoms with Gasteiger partial charge in [-0.25, -0.2) is 4.98 Å². The summed E-state index contributed by atoms with van der Waals surface area (Å²) in [5.41, 5.74) is 4.00. The third-order valence-corrected chi connectivity index (χ3v) is 2.90. The first kappa shape index (κ1) is 14.1. The van der Waals surface area contributed by atoms with E-state index in [9.17, 15) is 4.79 Å². The van der Waals surface area contributed by atoms with Crippen molar-refractivity contribution in [3.8, 4) is 5.88 Å². The maximum absolute atomic E-state index is 11.9. The SMILES string of the molecule is Cc1ccc(OCC(=O)Nc2cc(C)ccc2C)nc1. The number of carbonyl (C=O) groups excluding carboxylic acids is 1. The first-order chi connectivity index (χ1) is 9.54. The topological polar surface area (TPSA) is 51.2 Å². The van der Waals surface area contributed by atoms with Gasteiger partial charge in [0.25, 0.3) is 5.91 Å². The molecule has 0 atom stereocenters. The second-order valence-corrected chi connectivity index (χ2v) is 4.83. The third-order valence-electron chi connectivity index (χ3n) is 2.90. The fraction of sp³-hybridized carbons (Fsp3) is 0.250. The highest BCUT2D eigenvalue weighted by Crippen LogP contribution is 2.16. The van der Waals surface area contributed by atoms with Crippen LogP contribution in [0.3, 0.4) is 0 Å². The Balaban J connectivity index is 1.92. The Bertz CT molecular complexity index is 606. The summed E-state index contributed by atoms with van der Waals surface area (Å²) in [5, 5.41) is 2.84. The van der Waals surface area contributed by atoms with Gasteiger partial charge in [0, 0.05) is 18.0 Å². The van der Waals surface area contributed by atoms with Crippen molar-refractivity contribution in [2.75, 3.05) is 11.9 Å². The largest absolute Gasteiger partial charge is 0.468 e. The van der Waals surface area contributed by atoms with E-state index >= 15 is 0 Å². The number of aryl methyl sites for hydroxylation is 3. The zero-order valence-electron chi connectivity index (χ0n) is 11.9. The summed E-state index contributed by atoms with van der Waals surface area (Å²) in [5.74, 6) is 0.257. The predicted molar refractivity (Wildman–Crippen MR) is 79.0 cm³/mol. The first-order valence-electron chi connectivity index (χ1n) is 6.47. The van der Waals surface area contributed by atoms with Crippen LogP contribution in [0.5, 0.6) is 5.88 Å². The number of carbonyl (C=O) groups is 1. The lowest BCUT2D eigenvalue weighted by Crippen LogP contribution is -2.21. The van der Waals surface area contributed by atoms with Crippen LogP contribution in [-0.2, 0) is 4.79 Å². The van der Waals surface area contributed by atoms with Gasteiger partial charge in [0.1, 0.15) is 0 Å². The standard InChI is InChI=1S/C16H18N2O2/c1-11-4-6-13(3)14(8-11)18-15(19)10-20-16-7-5-12(2)9-17-16/h4-9H,10H2,1-3H3,(H,18,19). The average Bonchev–Trinajstić information content (AvgIpc) is 2.42. The predicted octanol–water partition coefficient (Wildman–Crippen LogP) is 3.02. The Kier molecular flexibility index (Phi) is 4.35. The number of benzene rings is 1. The van der Waals surface area contributed by atoms with Gasteiger partial charge in [0.05, 0.1) is 0 Å². The van der Waals surface area contributed by atoms with E-state index in [2.05, 4.69) is 10.3 Å². The molecule has 104 valence electrons. The molecule has 0 saturated carbocycles. The van der Waals surface area contributed by atoms with E-state index in [1.807, 2.05) is 45.0 Å². The molecule has 0 fully saturated rings. The van der Waals surface area contributed by atoms with Gasteiger partial charge >= 0.3 is 0 Å². The molecule has 0 radical (unpaired) electrons. The molecule has 2 aromatic rings. The van der Waals surface area contributed by atoms with Gasteiger partial charge in [0.15, 0.2) is 6.61 Å². The van der Waals surface area contributed by atoms with Crippen LogP contribution in [0, 0.1) is 20.8 Å².